The number of amides is 1. The van der Waals surface area contributed by atoms with Gasteiger partial charge < -0.3 is 10.2 Å². The fraction of sp³-hybridized carbons (Fsp3) is 0.389. The first-order valence-corrected chi connectivity index (χ1v) is 8.83. The Morgan fingerprint density at radius 3 is 2.56 bits per heavy atom. The van der Waals surface area contributed by atoms with Gasteiger partial charge in [-0.15, -0.1) is 0 Å². The third-order valence-electron chi connectivity index (χ3n) is 4.48. The van der Waals surface area contributed by atoms with E-state index < -0.39 is 11.7 Å². The predicted octanol–water partition coefficient (Wildman–Crippen LogP) is 4.31. The smallest absolute Gasteiger partial charge is 0.355 e. The number of alkyl halides is 3. The van der Waals surface area contributed by atoms with Crippen molar-refractivity contribution >= 4 is 29.1 Å². The van der Waals surface area contributed by atoms with Gasteiger partial charge in [0.15, 0.2) is 0 Å². The fourth-order valence-corrected chi connectivity index (χ4v) is 3.29. The highest BCUT2D eigenvalue weighted by Crippen LogP contribution is 2.34. The minimum absolute atomic E-state index is 0.0447. The summed E-state index contributed by atoms with van der Waals surface area (Å²) in [6, 6.07) is 4.51. The van der Waals surface area contributed by atoms with Gasteiger partial charge >= 0.3 is 6.18 Å². The van der Waals surface area contributed by atoms with E-state index in [4.69, 9.17) is 11.6 Å². The summed E-state index contributed by atoms with van der Waals surface area (Å²) in [5.41, 5.74) is 0.120. The van der Waals surface area contributed by atoms with Crippen molar-refractivity contribution in [2.45, 2.75) is 25.9 Å². The minimum atomic E-state index is -4.48. The number of hydrogen-bond donors (Lipinski definition) is 1. The van der Waals surface area contributed by atoms with Crippen LogP contribution in [0.4, 0.5) is 24.8 Å². The molecule has 2 aromatic rings. The summed E-state index contributed by atoms with van der Waals surface area (Å²) >= 11 is 6.00. The number of halogens is 4. The van der Waals surface area contributed by atoms with E-state index in [1.165, 1.54) is 0 Å². The lowest BCUT2D eigenvalue weighted by Crippen LogP contribution is -2.38. The van der Waals surface area contributed by atoms with Crippen LogP contribution in [0.5, 0.6) is 0 Å². The molecule has 27 heavy (non-hydrogen) atoms. The van der Waals surface area contributed by atoms with Gasteiger partial charge in [0.1, 0.15) is 11.6 Å². The fourth-order valence-electron chi connectivity index (χ4n) is 3.00. The molecule has 0 saturated carbocycles. The van der Waals surface area contributed by atoms with Crippen LogP contribution in [-0.2, 0) is 11.0 Å². The van der Waals surface area contributed by atoms with E-state index in [1.54, 1.807) is 17.2 Å². The van der Waals surface area contributed by atoms with Crippen molar-refractivity contribution in [2.75, 3.05) is 23.3 Å². The molecule has 3 heterocycles. The Balaban J connectivity index is 1.61. The van der Waals surface area contributed by atoms with E-state index in [1.807, 2.05) is 13.0 Å². The Labute approximate surface area is 159 Å². The summed E-state index contributed by atoms with van der Waals surface area (Å²) in [6.45, 7) is 2.88. The Hall–Kier alpha value is -2.35. The van der Waals surface area contributed by atoms with Gasteiger partial charge in [-0.25, -0.2) is 9.97 Å². The summed E-state index contributed by atoms with van der Waals surface area (Å²) in [6.07, 6.45) is -0.966. The maximum Gasteiger partial charge on any atom is 0.417 e. The number of anilines is 2. The molecular weight excluding hydrogens is 381 g/mol. The maximum atomic E-state index is 12.7. The molecule has 1 fully saturated rings. The van der Waals surface area contributed by atoms with Crippen molar-refractivity contribution in [3.05, 3.63) is 46.7 Å². The number of pyridine rings is 2. The summed E-state index contributed by atoms with van der Waals surface area (Å²) in [7, 11) is 0. The van der Waals surface area contributed by atoms with E-state index in [2.05, 4.69) is 15.3 Å². The molecule has 2 aromatic heterocycles. The molecule has 1 saturated heterocycles. The van der Waals surface area contributed by atoms with E-state index in [0.717, 1.165) is 17.8 Å². The summed E-state index contributed by atoms with van der Waals surface area (Å²) in [4.78, 5) is 22.2. The van der Waals surface area contributed by atoms with Gasteiger partial charge in [0.2, 0.25) is 5.91 Å². The number of rotatable bonds is 3. The quantitative estimate of drug-likeness (QED) is 0.836. The van der Waals surface area contributed by atoms with Crippen LogP contribution in [0.25, 0.3) is 0 Å². The molecule has 5 nitrogen and oxygen atoms in total. The zero-order valence-electron chi connectivity index (χ0n) is 14.6. The van der Waals surface area contributed by atoms with Crippen LogP contribution in [0.3, 0.4) is 0 Å². The van der Waals surface area contributed by atoms with E-state index in [9.17, 15) is 18.0 Å². The summed E-state index contributed by atoms with van der Waals surface area (Å²) in [5, 5.41) is 2.76. The number of nitrogens with zero attached hydrogens (tertiary/aromatic N) is 3. The lowest BCUT2D eigenvalue weighted by molar-refractivity contribution is -0.137. The van der Waals surface area contributed by atoms with Crippen LogP contribution >= 0.6 is 11.6 Å². The van der Waals surface area contributed by atoms with Crippen LogP contribution in [0.15, 0.2) is 30.6 Å². The number of hydrogen-bond acceptors (Lipinski definition) is 4. The second-order valence-electron chi connectivity index (χ2n) is 6.50. The first kappa shape index (κ1) is 19.4. The number of carbonyl (C=O) groups is 1. The average Bonchev–Trinajstić information content (AvgIpc) is 2.61. The van der Waals surface area contributed by atoms with Crippen LogP contribution < -0.4 is 10.2 Å². The number of carbonyl (C=O) groups excluding carboxylic acids is 1. The Bertz CT molecular complexity index is 836. The topological polar surface area (TPSA) is 58.1 Å². The van der Waals surface area contributed by atoms with Gasteiger partial charge in [-0.1, -0.05) is 11.6 Å². The number of aromatic nitrogens is 2. The van der Waals surface area contributed by atoms with Gasteiger partial charge in [-0.2, -0.15) is 13.2 Å². The SMILES string of the molecule is Cc1ccnc(NC(=O)C2CCN(c3ncc(C(F)(F)F)cc3Cl)CC2)c1. The number of piperidine rings is 1. The summed E-state index contributed by atoms with van der Waals surface area (Å²) < 4.78 is 38.2. The molecule has 0 bridgehead atoms. The van der Waals surface area contributed by atoms with Crippen LogP contribution in [0, 0.1) is 12.8 Å². The zero-order chi connectivity index (χ0) is 19.6. The molecule has 3 rings (SSSR count). The van der Waals surface area contributed by atoms with Gasteiger partial charge in [0.05, 0.1) is 10.6 Å². The largest absolute Gasteiger partial charge is 0.417 e. The Morgan fingerprint density at radius 2 is 1.96 bits per heavy atom. The average molecular weight is 399 g/mol. The van der Waals surface area contributed by atoms with Crippen LogP contribution in [0.1, 0.15) is 24.0 Å². The predicted molar refractivity (Wildman–Crippen MR) is 96.8 cm³/mol. The molecule has 0 spiro atoms. The number of nitrogens with one attached hydrogen (secondary N) is 1. The molecule has 1 amide bonds. The first-order valence-electron chi connectivity index (χ1n) is 8.45. The van der Waals surface area contributed by atoms with Gasteiger partial charge in [0, 0.05) is 31.4 Å². The van der Waals surface area contributed by atoms with Gasteiger partial charge in [-0.3, -0.25) is 4.79 Å². The molecule has 9 heteroatoms. The van der Waals surface area contributed by atoms with Gasteiger partial charge in [-0.05, 0) is 43.5 Å². The molecule has 1 N–H and O–H groups in total. The third kappa shape index (κ3) is 4.68. The molecule has 0 unspecified atom stereocenters. The van der Waals surface area contributed by atoms with Crippen molar-refractivity contribution < 1.29 is 18.0 Å². The molecule has 0 aliphatic carbocycles. The standard InChI is InChI=1S/C18H18ClF3N4O/c1-11-2-5-23-15(8-11)25-17(27)12-3-6-26(7-4-12)16-14(19)9-13(10-24-16)18(20,21)22/h2,5,8-10,12H,3-4,6-7H2,1H3,(H,23,25,27). The lowest BCUT2D eigenvalue weighted by Gasteiger charge is -2.32. The van der Waals surface area contributed by atoms with Crippen molar-refractivity contribution in [3.8, 4) is 0 Å². The Morgan fingerprint density at radius 1 is 1.26 bits per heavy atom. The molecule has 0 atom stereocenters. The highest BCUT2D eigenvalue weighted by Gasteiger charge is 2.33. The monoisotopic (exact) mass is 398 g/mol. The minimum Gasteiger partial charge on any atom is -0.355 e. The van der Waals surface area contributed by atoms with Crippen molar-refractivity contribution in [2.24, 2.45) is 5.92 Å². The zero-order valence-corrected chi connectivity index (χ0v) is 15.3. The third-order valence-corrected chi connectivity index (χ3v) is 4.76. The van der Waals surface area contributed by atoms with Crippen LogP contribution in [-0.4, -0.2) is 29.0 Å². The maximum absolute atomic E-state index is 12.7. The normalized spacial score (nSPS) is 15.7. The first-order chi connectivity index (χ1) is 12.7. The molecule has 1 aliphatic rings. The summed E-state index contributed by atoms with van der Waals surface area (Å²) in [5.74, 6) is 0.509. The molecule has 144 valence electrons. The Kier molecular flexibility index (Phi) is 5.55. The molecule has 1 aliphatic heterocycles. The van der Waals surface area contributed by atoms with Crippen LogP contribution in [0.2, 0.25) is 5.02 Å². The van der Waals surface area contributed by atoms with Crippen molar-refractivity contribution in [3.63, 3.8) is 0 Å². The molecule has 0 radical (unpaired) electrons. The lowest BCUT2D eigenvalue weighted by atomic mass is 9.96. The number of aryl methyl sites for hydroxylation is 1. The second kappa shape index (κ2) is 7.72. The van der Waals surface area contributed by atoms with Crippen molar-refractivity contribution in [1.29, 1.82) is 0 Å². The van der Waals surface area contributed by atoms with E-state index in [-0.39, 0.29) is 16.8 Å². The molecular formula is C18H18ClF3N4O. The van der Waals surface area contributed by atoms with E-state index in [0.29, 0.717) is 37.6 Å². The van der Waals surface area contributed by atoms with E-state index >= 15 is 0 Å². The molecule has 0 aromatic carbocycles. The van der Waals surface area contributed by atoms with Gasteiger partial charge in [0.25, 0.3) is 0 Å². The second-order valence-corrected chi connectivity index (χ2v) is 6.90. The van der Waals surface area contributed by atoms with Crippen molar-refractivity contribution in [1.82, 2.24) is 9.97 Å². The highest BCUT2D eigenvalue weighted by atomic mass is 35.5. The highest BCUT2D eigenvalue weighted by molar-refractivity contribution is 6.33.